The Bertz CT molecular complexity index is 601. The van der Waals surface area contributed by atoms with Gasteiger partial charge in [-0.3, -0.25) is 9.79 Å². The van der Waals surface area contributed by atoms with Crippen LogP contribution in [0.15, 0.2) is 41.7 Å². The number of nitrogens with one attached hydrogen (secondary N) is 1. The predicted molar refractivity (Wildman–Crippen MR) is 69.1 cm³/mol. The van der Waals surface area contributed by atoms with E-state index in [-0.39, 0.29) is 12.3 Å². The van der Waals surface area contributed by atoms with Crippen molar-refractivity contribution in [3.05, 3.63) is 47.9 Å². The van der Waals surface area contributed by atoms with Crippen molar-refractivity contribution in [2.75, 3.05) is 11.9 Å². The molecular formula is C13H12N4O. The monoisotopic (exact) mass is 240 g/mol. The quantitative estimate of drug-likeness (QED) is 0.866. The summed E-state index contributed by atoms with van der Waals surface area (Å²) in [5.74, 6) is 0.567. The lowest BCUT2D eigenvalue weighted by Gasteiger charge is -2.06. The molecule has 1 aliphatic rings. The fourth-order valence-corrected chi connectivity index (χ4v) is 1.99. The first-order valence-electron chi connectivity index (χ1n) is 5.71. The Morgan fingerprint density at radius 3 is 2.94 bits per heavy atom. The Balaban J connectivity index is 1.95. The fourth-order valence-electron chi connectivity index (χ4n) is 1.99. The molecule has 18 heavy (non-hydrogen) atoms. The molecule has 1 aromatic carbocycles. The number of ketones is 1. The van der Waals surface area contributed by atoms with Crippen LogP contribution in [0.4, 0.5) is 5.82 Å². The number of carbonyl (C=O) groups is 1. The third kappa shape index (κ3) is 1.90. The first-order chi connectivity index (χ1) is 8.84. The molecule has 0 spiro atoms. The number of aromatic nitrogens is 2. The smallest absolute Gasteiger partial charge is 0.204 e. The maximum absolute atomic E-state index is 12.0. The highest BCUT2D eigenvalue weighted by Gasteiger charge is 2.19. The third-order valence-electron chi connectivity index (χ3n) is 2.83. The van der Waals surface area contributed by atoms with E-state index in [1.54, 1.807) is 6.33 Å². The maximum Gasteiger partial charge on any atom is 0.204 e. The van der Waals surface area contributed by atoms with Gasteiger partial charge in [-0.15, -0.1) is 0 Å². The van der Waals surface area contributed by atoms with E-state index in [0.717, 1.165) is 5.56 Å². The number of aliphatic imine (C=N–C) groups is 1. The molecule has 0 saturated carbocycles. The highest BCUT2D eigenvalue weighted by Crippen LogP contribution is 2.17. The minimum absolute atomic E-state index is 0.0142. The van der Waals surface area contributed by atoms with Gasteiger partial charge in [0.05, 0.1) is 12.7 Å². The van der Waals surface area contributed by atoms with Crippen molar-refractivity contribution in [3.8, 4) is 0 Å². The van der Waals surface area contributed by atoms with Crippen molar-refractivity contribution < 1.29 is 4.79 Å². The van der Waals surface area contributed by atoms with Crippen LogP contribution in [-0.2, 0) is 6.54 Å². The molecule has 0 unspecified atom stereocenters. The van der Waals surface area contributed by atoms with Gasteiger partial charge in [-0.25, -0.2) is 4.98 Å². The first kappa shape index (κ1) is 10.7. The van der Waals surface area contributed by atoms with Crippen LogP contribution in [0.1, 0.15) is 16.1 Å². The average Bonchev–Trinajstić information content (AvgIpc) is 2.69. The minimum atomic E-state index is -0.0142. The second-order valence-electron chi connectivity index (χ2n) is 4.09. The highest BCUT2D eigenvalue weighted by molar-refractivity contribution is 6.04. The molecule has 5 heteroatoms. The summed E-state index contributed by atoms with van der Waals surface area (Å²) >= 11 is 0. The predicted octanol–water partition coefficient (Wildman–Crippen LogP) is 1.57. The van der Waals surface area contributed by atoms with Gasteiger partial charge in [-0.2, -0.15) is 0 Å². The molecule has 0 amide bonds. The van der Waals surface area contributed by atoms with Gasteiger partial charge < -0.3 is 9.88 Å². The standard InChI is InChI=1S/C13H12N4O/c18-11-6-14-8-15-13-12(11)17(9-16-13)7-10-4-2-1-3-5-10/h1-5,8-9H,6-7H2,(H,14,15). The van der Waals surface area contributed by atoms with Crippen LogP contribution >= 0.6 is 0 Å². The van der Waals surface area contributed by atoms with Crippen molar-refractivity contribution in [2.24, 2.45) is 4.99 Å². The third-order valence-corrected chi connectivity index (χ3v) is 2.83. The van der Waals surface area contributed by atoms with E-state index in [9.17, 15) is 4.79 Å². The van der Waals surface area contributed by atoms with Crippen molar-refractivity contribution in [1.82, 2.24) is 9.55 Å². The molecule has 0 aliphatic carbocycles. The lowest BCUT2D eigenvalue weighted by molar-refractivity contribution is 0.0995. The van der Waals surface area contributed by atoms with E-state index in [2.05, 4.69) is 15.3 Å². The fraction of sp³-hybridized carbons (Fsp3) is 0.154. The summed E-state index contributed by atoms with van der Waals surface area (Å²) in [5, 5.41) is 2.92. The molecule has 90 valence electrons. The summed E-state index contributed by atoms with van der Waals surface area (Å²) in [7, 11) is 0. The van der Waals surface area contributed by atoms with Crippen LogP contribution in [-0.4, -0.2) is 28.2 Å². The Hall–Kier alpha value is -2.43. The summed E-state index contributed by atoms with van der Waals surface area (Å²) in [6.07, 6.45) is 3.20. The van der Waals surface area contributed by atoms with E-state index in [4.69, 9.17) is 0 Å². The Kier molecular flexibility index (Phi) is 2.64. The molecule has 2 heterocycles. The number of anilines is 1. The van der Waals surface area contributed by atoms with Crippen LogP contribution in [0.25, 0.3) is 0 Å². The summed E-state index contributed by atoms with van der Waals surface area (Å²) in [6.45, 7) is 0.803. The number of fused-ring (bicyclic) bond motifs is 1. The number of benzene rings is 1. The molecule has 1 N–H and O–H groups in total. The van der Waals surface area contributed by atoms with Crippen LogP contribution in [0.3, 0.4) is 0 Å². The number of hydrogen-bond acceptors (Lipinski definition) is 4. The second kappa shape index (κ2) is 4.44. The van der Waals surface area contributed by atoms with E-state index in [1.807, 2.05) is 34.9 Å². The largest absolute Gasteiger partial charge is 0.330 e. The number of nitrogens with zero attached hydrogens (tertiary/aromatic N) is 3. The van der Waals surface area contributed by atoms with Gasteiger partial charge in [-0.1, -0.05) is 30.3 Å². The normalized spacial score (nSPS) is 13.9. The van der Waals surface area contributed by atoms with Crippen molar-refractivity contribution >= 4 is 17.9 Å². The van der Waals surface area contributed by atoms with Crippen LogP contribution in [0.2, 0.25) is 0 Å². The van der Waals surface area contributed by atoms with Gasteiger partial charge >= 0.3 is 0 Å². The molecule has 1 aliphatic heterocycles. The van der Waals surface area contributed by atoms with Gasteiger partial charge in [0.1, 0.15) is 12.2 Å². The molecule has 0 bridgehead atoms. The van der Waals surface area contributed by atoms with E-state index < -0.39 is 0 Å². The van der Waals surface area contributed by atoms with Gasteiger partial charge in [0.2, 0.25) is 5.78 Å². The van der Waals surface area contributed by atoms with Crippen LogP contribution < -0.4 is 5.32 Å². The van der Waals surface area contributed by atoms with Gasteiger partial charge in [0, 0.05) is 6.54 Å². The number of Topliss-reactive ketones (excluding diaryl/α,β-unsaturated/α-hetero) is 1. The van der Waals surface area contributed by atoms with Gasteiger partial charge in [0.15, 0.2) is 5.82 Å². The Labute approximate surface area is 104 Å². The maximum atomic E-state index is 12.0. The van der Waals surface area contributed by atoms with E-state index >= 15 is 0 Å². The molecule has 0 radical (unpaired) electrons. The number of rotatable bonds is 2. The molecule has 2 aromatic rings. The SMILES string of the molecule is O=C1CN=CNc2ncn(Cc3ccccc3)c21. The summed E-state index contributed by atoms with van der Waals surface area (Å²) in [4.78, 5) is 20.1. The molecule has 0 atom stereocenters. The summed E-state index contributed by atoms with van der Waals surface area (Å²) in [6, 6.07) is 9.98. The summed E-state index contributed by atoms with van der Waals surface area (Å²) in [5.41, 5.74) is 1.73. The second-order valence-corrected chi connectivity index (χ2v) is 4.09. The van der Waals surface area contributed by atoms with Crippen LogP contribution in [0, 0.1) is 0 Å². The molecular weight excluding hydrogens is 228 g/mol. The molecule has 3 rings (SSSR count). The Morgan fingerprint density at radius 1 is 1.28 bits per heavy atom. The van der Waals surface area contributed by atoms with E-state index in [0.29, 0.717) is 18.1 Å². The molecule has 0 saturated heterocycles. The molecule has 5 nitrogen and oxygen atoms in total. The van der Waals surface area contributed by atoms with Crippen molar-refractivity contribution in [3.63, 3.8) is 0 Å². The summed E-state index contributed by atoms with van der Waals surface area (Å²) < 4.78 is 1.86. The van der Waals surface area contributed by atoms with E-state index in [1.165, 1.54) is 6.34 Å². The molecule has 1 aromatic heterocycles. The zero-order valence-corrected chi connectivity index (χ0v) is 9.71. The average molecular weight is 240 g/mol. The van der Waals surface area contributed by atoms with Crippen LogP contribution in [0.5, 0.6) is 0 Å². The van der Waals surface area contributed by atoms with Gasteiger partial charge in [-0.05, 0) is 5.56 Å². The Morgan fingerprint density at radius 2 is 2.11 bits per heavy atom. The highest BCUT2D eigenvalue weighted by atomic mass is 16.1. The number of carbonyl (C=O) groups excluding carboxylic acids is 1. The zero-order valence-electron chi connectivity index (χ0n) is 9.71. The van der Waals surface area contributed by atoms with Crippen molar-refractivity contribution in [2.45, 2.75) is 6.54 Å². The number of hydrogen-bond donors (Lipinski definition) is 1. The molecule has 0 fully saturated rings. The lowest BCUT2D eigenvalue weighted by atomic mass is 10.2. The topological polar surface area (TPSA) is 59.3 Å². The first-order valence-corrected chi connectivity index (χ1v) is 5.71. The zero-order chi connectivity index (χ0) is 12.4. The number of imidazole rings is 1. The van der Waals surface area contributed by atoms with Gasteiger partial charge in [0.25, 0.3) is 0 Å². The minimum Gasteiger partial charge on any atom is -0.330 e. The lowest BCUT2D eigenvalue weighted by Crippen LogP contribution is -2.12. The van der Waals surface area contributed by atoms with Crippen molar-refractivity contribution in [1.29, 1.82) is 0 Å².